The maximum Gasteiger partial charge on any atom is 0.337 e. The van der Waals surface area contributed by atoms with Crippen molar-refractivity contribution in [3.63, 3.8) is 0 Å². The molecule has 0 unspecified atom stereocenters. The molecule has 0 bridgehead atoms. The molecule has 0 saturated carbocycles. The zero-order chi connectivity index (χ0) is 26.7. The summed E-state index contributed by atoms with van der Waals surface area (Å²) >= 11 is 0.799. The Balaban J connectivity index is 1.50. The minimum Gasteiger partial charge on any atom is -0.497 e. The average molecular weight is 520 g/mol. The van der Waals surface area contributed by atoms with Crippen LogP contribution in [0.5, 0.6) is 5.75 Å². The molecule has 2 heterocycles. The van der Waals surface area contributed by atoms with Crippen LogP contribution in [0.1, 0.15) is 27.3 Å². The molecule has 10 heteroatoms. The highest BCUT2D eigenvalue weighted by atomic mass is 32.2. The van der Waals surface area contributed by atoms with Crippen molar-refractivity contribution in [1.29, 1.82) is 0 Å². The second-order valence-electron chi connectivity index (χ2n) is 8.24. The molecule has 0 spiro atoms. The number of hydrogen-bond acceptors (Lipinski definition) is 7. The van der Waals surface area contributed by atoms with Gasteiger partial charge in [-0.1, -0.05) is 0 Å². The molecule has 0 aliphatic carbocycles. The van der Waals surface area contributed by atoms with E-state index >= 15 is 0 Å². The highest BCUT2D eigenvalue weighted by Crippen LogP contribution is 2.33. The quantitative estimate of drug-likeness (QED) is 0.360. The molecule has 3 aromatic rings. The van der Waals surface area contributed by atoms with Gasteiger partial charge < -0.3 is 19.4 Å². The number of nitrogens with zero attached hydrogens (tertiary/aromatic N) is 2. The summed E-state index contributed by atoms with van der Waals surface area (Å²) in [4.78, 5) is 50.9. The Bertz CT molecular complexity index is 1410. The number of thioether (sulfide) groups is 1. The SMILES string of the molecule is COC(=O)c1ccc(-n2c(C)cc(/C=C3/SC(=O)N(CC(=O)Nc4ccc(OC)cc4)C3=O)c2C)cc1. The van der Waals surface area contributed by atoms with Crippen LogP contribution >= 0.6 is 11.8 Å². The van der Waals surface area contributed by atoms with Gasteiger partial charge in [0.25, 0.3) is 11.1 Å². The number of anilines is 1. The van der Waals surface area contributed by atoms with Crippen molar-refractivity contribution in [3.8, 4) is 11.4 Å². The number of nitrogens with one attached hydrogen (secondary N) is 1. The van der Waals surface area contributed by atoms with Gasteiger partial charge >= 0.3 is 5.97 Å². The Kier molecular flexibility index (Phi) is 7.49. The van der Waals surface area contributed by atoms with E-state index in [1.54, 1.807) is 49.6 Å². The van der Waals surface area contributed by atoms with E-state index in [0.717, 1.165) is 39.3 Å². The van der Waals surface area contributed by atoms with Crippen LogP contribution in [0.4, 0.5) is 10.5 Å². The standard InChI is InChI=1S/C27H25N3O6S/c1-16-13-19(17(2)30(16)21-9-5-18(6-10-21)26(33)36-4)14-23-25(32)29(27(34)37-23)15-24(31)28-20-7-11-22(35-3)12-8-20/h5-14H,15H2,1-4H3,(H,28,31)/b23-14+. The smallest absolute Gasteiger partial charge is 0.337 e. The second kappa shape index (κ2) is 10.8. The Morgan fingerprint density at radius 2 is 1.68 bits per heavy atom. The van der Waals surface area contributed by atoms with Crippen LogP contribution < -0.4 is 10.1 Å². The number of benzene rings is 2. The first-order valence-corrected chi connectivity index (χ1v) is 12.1. The molecular formula is C27H25N3O6S. The molecule has 1 aliphatic heterocycles. The van der Waals surface area contributed by atoms with Crippen molar-refractivity contribution >= 4 is 46.5 Å². The van der Waals surface area contributed by atoms with Gasteiger partial charge in [0.05, 0.1) is 24.7 Å². The molecule has 37 heavy (non-hydrogen) atoms. The summed E-state index contributed by atoms with van der Waals surface area (Å²) < 4.78 is 11.8. The summed E-state index contributed by atoms with van der Waals surface area (Å²) in [6.07, 6.45) is 1.66. The number of rotatable bonds is 7. The topological polar surface area (TPSA) is 107 Å². The van der Waals surface area contributed by atoms with Gasteiger partial charge in [-0.05, 0) is 91.8 Å². The fraction of sp³-hybridized carbons (Fsp3) is 0.185. The lowest BCUT2D eigenvalue weighted by Gasteiger charge is -2.12. The maximum atomic E-state index is 13.0. The van der Waals surface area contributed by atoms with E-state index in [1.165, 1.54) is 7.11 Å². The van der Waals surface area contributed by atoms with Gasteiger partial charge in [-0.25, -0.2) is 4.79 Å². The molecule has 1 aliphatic rings. The first kappa shape index (κ1) is 25.8. The third-order valence-electron chi connectivity index (χ3n) is 5.85. The van der Waals surface area contributed by atoms with Crippen molar-refractivity contribution in [2.45, 2.75) is 13.8 Å². The van der Waals surface area contributed by atoms with E-state index in [4.69, 9.17) is 9.47 Å². The largest absolute Gasteiger partial charge is 0.497 e. The van der Waals surface area contributed by atoms with Crippen LogP contribution in [0.15, 0.2) is 59.5 Å². The number of aryl methyl sites for hydroxylation is 1. The van der Waals surface area contributed by atoms with Gasteiger partial charge in [-0.15, -0.1) is 0 Å². The van der Waals surface area contributed by atoms with E-state index in [0.29, 0.717) is 17.0 Å². The predicted octanol–water partition coefficient (Wildman–Crippen LogP) is 4.56. The van der Waals surface area contributed by atoms with Crippen molar-refractivity contribution < 1.29 is 28.7 Å². The van der Waals surface area contributed by atoms with Gasteiger partial charge in [0.15, 0.2) is 0 Å². The lowest BCUT2D eigenvalue weighted by molar-refractivity contribution is -0.127. The highest BCUT2D eigenvalue weighted by molar-refractivity contribution is 8.18. The number of aromatic nitrogens is 1. The molecule has 9 nitrogen and oxygen atoms in total. The average Bonchev–Trinajstić information content (AvgIpc) is 3.32. The first-order chi connectivity index (χ1) is 17.7. The normalized spacial score (nSPS) is 14.3. The zero-order valence-electron chi connectivity index (χ0n) is 20.7. The number of esters is 1. The fourth-order valence-corrected chi connectivity index (χ4v) is 4.82. The van der Waals surface area contributed by atoms with Crippen LogP contribution in [-0.2, 0) is 14.3 Å². The van der Waals surface area contributed by atoms with Gasteiger partial charge in [-0.2, -0.15) is 0 Å². The molecule has 1 N–H and O–H groups in total. The first-order valence-electron chi connectivity index (χ1n) is 11.3. The van der Waals surface area contributed by atoms with E-state index in [9.17, 15) is 19.2 Å². The molecule has 1 fully saturated rings. The van der Waals surface area contributed by atoms with E-state index < -0.39 is 23.0 Å². The molecule has 0 radical (unpaired) electrons. The predicted molar refractivity (Wildman–Crippen MR) is 141 cm³/mol. The molecule has 1 saturated heterocycles. The number of carbonyl (C=O) groups excluding carboxylic acids is 4. The second-order valence-corrected chi connectivity index (χ2v) is 9.24. The summed E-state index contributed by atoms with van der Waals surface area (Å²) in [6.45, 7) is 3.44. The van der Waals surface area contributed by atoms with Crippen molar-refractivity contribution in [1.82, 2.24) is 9.47 Å². The Morgan fingerprint density at radius 3 is 2.30 bits per heavy atom. The zero-order valence-corrected chi connectivity index (χ0v) is 21.5. The van der Waals surface area contributed by atoms with Crippen molar-refractivity contribution in [3.05, 3.63) is 82.0 Å². The van der Waals surface area contributed by atoms with Crippen LogP contribution in [0, 0.1) is 13.8 Å². The molecule has 4 rings (SSSR count). The minimum absolute atomic E-state index is 0.239. The number of ether oxygens (including phenoxy) is 2. The highest BCUT2D eigenvalue weighted by Gasteiger charge is 2.36. The monoisotopic (exact) mass is 519 g/mol. The van der Waals surface area contributed by atoms with E-state index in [-0.39, 0.29) is 11.4 Å². The summed E-state index contributed by atoms with van der Waals surface area (Å²) in [5.41, 5.74) is 4.34. The van der Waals surface area contributed by atoms with E-state index in [2.05, 4.69) is 5.32 Å². The summed E-state index contributed by atoms with van der Waals surface area (Å²) in [5.74, 6) is -0.775. The molecule has 190 valence electrons. The van der Waals surface area contributed by atoms with Crippen molar-refractivity contribution in [2.24, 2.45) is 0 Å². The van der Waals surface area contributed by atoms with Crippen LogP contribution in [-0.4, -0.2) is 53.3 Å². The molecule has 3 amide bonds. The molecular weight excluding hydrogens is 494 g/mol. The third kappa shape index (κ3) is 5.44. The number of methoxy groups -OCH3 is 2. The molecule has 0 atom stereocenters. The third-order valence-corrected chi connectivity index (χ3v) is 6.76. The Hall–Kier alpha value is -4.31. The van der Waals surface area contributed by atoms with Crippen LogP contribution in [0.3, 0.4) is 0 Å². The summed E-state index contributed by atoms with van der Waals surface area (Å²) in [5, 5.41) is 2.17. The fourth-order valence-electron chi connectivity index (χ4n) is 3.99. The van der Waals surface area contributed by atoms with Gasteiger partial charge in [0.1, 0.15) is 12.3 Å². The minimum atomic E-state index is -0.521. The number of hydrogen-bond donors (Lipinski definition) is 1. The van der Waals surface area contributed by atoms with Crippen LogP contribution in [0.25, 0.3) is 11.8 Å². The lowest BCUT2D eigenvalue weighted by Crippen LogP contribution is -2.36. The van der Waals surface area contributed by atoms with Crippen LogP contribution in [0.2, 0.25) is 0 Å². The van der Waals surface area contributed by atoms with Crippen molar-refractivity contribution in [2.75, 3.05) is 26.1 Å². The Labute approximate surface area is 218 Å². The van der Waals surface area contributed by atoms with E-state index in [1.807, 2.05) is 36.6 Å². The lowest BCUT2D eigenvalue weighted by atomic mass is 10.2. The van der Waals surface area contributed by atoms with Gasteiger partial charge in [0.2, 0.25) is 5.91 Å². The Morgan fingerprint density at radius 1 is 1.00 bits per heavy atom. The summed E-state index contributed by atoms with van der Waals surface area (Å²) in [7, 11) is 2.88. The maximum absolute atomic E-state index is 13.0. The van der Waals surface area contributed by atoms with Gasteiger partial charge in [-0.3, -0.25) is 19.3 Å². The number of carbonyl (C=O) groups is 4. The molecule has 2 aromatic carbocycles. The number of imide groups is 1. The van der Waals surface area contributed by atoms with Gasteiger partial charge in [0, 0.05) is 22.8 Å². The number of amides is 3. The molecule has 1 aromatic heterocycles. The summed E-state index contributed by atoms with van der Waals surface area (Å²) in [6, 6.07) is 15.6.